The minimum atomic E-state index is -0.515. The number of anilines is 1. The van der Waals surface area contributed by atoms with Gasteiger partial charge in [-0.05, 0) is 24.6 Å². The molecule has 9 heteroatoms. The Kier molecular flexibility index (Phi) is 5.29. The first-order valence-corrected chi connectivity index (χ1v) is 8.97. The Hall–Kier alpha value is -2.78. The van der Waals surface area contributed by atoms with Gasteiger partial charge in [-0.2, -0.15) is 11.3 Å². The number of nitro groups is 1. The summed E-state index contributed by atoms with van der Waals surface area (Å²) in [5.41, 5.74) is 1.11. The summed E-state index contributed by atoms with van der Waals surface area (Å²) in [6.07, 6.45) is 0. The minimum absolute atomic E-state index is 0.140. The second-order valence-corrected chi connectivity index (χ2v) is 6.89. The highest BCUT2D eigenvalue weighted by Crippen LogP contribution is 2.27. The highest BCUT2D eigenvalue weighted by Gasteiger charge is 2.20. The summed E-state index contributed by atoms with van der Waals surface area (Å²) >= 11 is 1.46. The van der Waals surface area contributed by atoms with Crippen LogP contribution in [0.4, 0.5) is 17.1 Å². The summed E-state index contributed by atoms with van der Waals surface area (Å²) in [6.45, 7) is 2.42. The average molecular weight is 373 g/mol. The maximum absolute atomic E-state index is 12.7. The third kappa shape index (κ3) is 4.06. The fourth-order valence-electron chi connectivity index (χ4n) is 2.60. The summed E-state index contributed by atoms with van der Waals surface area (Å²) in [5, 5.41) is 17.5. The quantitative estimate of drug-likeness (QED) is 0.657. The third-order valence-corrected chi connectivity index (χ3v) is 4.82. The summed E-state index contributed by atoms with van der Waals surface area (Å²) < 4.78 is 0. The first kappa shape index (κ1) is 18.0. The molecule has 136 valence electrons. The Labute approximate surface area is 154 Å². The average Bonchev–Trinajstić information content (AvgIpc) is 3.11. The van der Waals surface area contributed by atoms with Crippen LogP contribution >= 0.6 is 11.3 Å². The predicted molar refractivity (Wildman–Crippen MR) is 103 cm³/mol. The Morgan fingerprint density at radius 1 is 1.31 bits per heavy atom. The molecule has 2 aromatic rings. The van der Waals surface area contributed by atoms with Gasteiger partial charge in [0.15, 0.2) is 0 Å². The van der Waals surface area contributed by atoms with Crippen molar-refractivity contribution in [1.29, 1.82) is 0 Å². The number of hydrogen-bond donors (Lipinski definition) is 1. The molecule has 8 nitrogen and oxygen atoms in total. The van der Waals surface area contributed by atoms with Gasteiger partial charge in [0.05, 0.1) is 28.4 Å². The summed E-state index contributed by atoms with van der Waals surface area (Å²) in [6, 6.07) is 5.94. The smallest absolute Gasteiger partial charge is 0.270 e. The lowest BCUT2D eigenvalue weighted by Gasteiger charge is -2.32. The molecule has 0 saturated carbocycles. The van der Waals surface area contributed by atoms with Gasteiger partial charge in [-0.15, -0.1) is 0 Å². The minimum Gasteiger partial charge on any atom is -0.361 e. The van der Waals surface area contributed by atoms with Crippen LogP contribution in [-0.4, -0.2) is 60.2 Å². The molecule has 2 heterocycles. The zero-order valence-electron chi connectivity index (χ0n) is 14.5. The van der Waals surface area contributed by atoms with Gasteiger partial charge < -0.3 is 10.2 Å². The number of carbonyl (C=O) groups is 1. The number of nitrogens with zero attached hydrogens (tertiary/aromatic N) is 4. The molecule has 1 saturated heterocycles. The van der Waals surface area contributed by atoms with Gasteiger partial charge in [-0.25, -0.2) is 4.99 Å². The third-order valence-electron chi connectivity index (χ3n) is 4.13. The fraction of sp³-hybridized carbons (Fsp3) is 0.294. The van der Waals surface area contributed by atoms with Crippen molar-refractivity contribution in [2.45, 2.75) is 0 Å². The number of piperazine rings is 1. The van der Waals surface area contributed by atoms with E-state index in [4.69, 9.17) is 0 Å². The van der Waals surface area contributed by atoms with Crippen LogP contribution in [0.25, 0.3) is 0 Å². The summed E-state index contributed by atoms with van der Waals surface area (Å²) in [7, 11) is 3.95. The van der Waals surface area contributed by atoms with E-state index in [-0.39, 0.29) is 11.3 Å². The molecule has 0 atom stereocenters. The van der Waals surface area contributed by atoms with E-state index in [0.717, 1.165) is 18.9 Å². The topological polar surface area (TPSA) is 91.1 Å². The van der Waals surface area contributed by atoms with Crippen LogP contribution in [0.15, 0.2) is 40.0 Å². The monoisotopic (exact) mass is 373 g/mol. The van der Waals surface area contributed by atoms with Crippen LogP contribution in [0.1, 0.15) is 10.4 Å². The van der Waals surface area contributed by atoms with E-state index in [0.29, 0.717) is 17.9 Å². The van der Waals surface area contributed by atoms with Crippen molar-refractivity contribution in [2.75, 3.05) is 39.0 Å². The standard InChI is InChI=1S/C17H19N5O3S/c1-20-6-7-21(2)16(10-20)19-15-4-3-13(22(24)25)9-14(15)17(23)18-12-5-8-26-11-12/h3-5,8-9,11H,6-7,10H2,1-2H3,(H,18,23)/b19-16+. The zero-order valence-corrected chi connectivity index (χ0v) is 15.3. The number of nitro benzene ring substituents is 1. The Morgan fingerprint density at radius 2 is 2.12 bits per heavy atom. The van der Waals surface area contributed by atoms with Gasteiger partial charge in [-0.1, -0.05) is 0 Å². The molecular formula is C17H19N5O3S. The SMILES string of the molecule is CN1CCN(C)/C(=N/c2ccc([N+](=O)[O-])cc2C(=O)Nc2ccsc2)C1. The number of rotatable bonds is 4. The van der Waals surface area contributed by atoms with Gasteiger partial charge in [0.1, 0.15) is 5.84 Å². The van der Waals surface area contributed by atoms with Crippen molar-refractivity contribution in [1.82, 2.24) is 9.80 Å². The number of nitrogens with one attached hydrogen (secondary N) is 1. The van der Waals surface area contributed by atoms with E-state index in [1.165, 1.54) is 29.5 Å². The molecule has 26 heavy (non-hydrogen) atoms. The number of thiophene rings is 1. The molecule has 0 unspecified atom stereocenters. The van der Waals surface area contributed by atoms with Crippen molar-refractivity contribution >= 4 is 40.1 Å². The van der Waals surface area contributed by atoms with Gasteiger partial charge in [0, 0.05) is 37.6 Å². The molecule has 0 aliphatic carbocycles. The van der Waals surface area contributed by atoms with Crippen LogP contribution in [-0.2, 0) is 0 Å². The largest absolute Gasteiger partial charge is 0.361 e. The van der Waals surface area contributed by atoms with Crippen LogP contribution in [0, 0.1) is 10.1 Å². The van der Waals surface area contributed by atoms with Crippen molar-refractivity contribution in [3.05, 3.63) is 50.7 Å². The van der Waals surface area contributed by atoms with E-state index in [1.807, 2.05) is 24.4 Å². The summed E-state index contributed by atoms with van der Waals surface area (Å²) in [5.74, 6) is 0.399. The van der Waals surface area contributed by atoms with Crippen LogP contribution in [0.5, 0.6) is 0 Å². The maximum atomic E-state index is 12.7. The molecule has 1 aliphatic rings. The molecule has 1 aromatic heterocycles. The van der Waals surface area contributed by atoms with Gasteiger partial charge >= 0.3 is 0 Å². The molecule has 1 aromatic carbocycles. The molecule has 1 amide bonds. The molecule has 3 rings (SSSR count). The Morgan fingerprint density at radius 3 is 2.81 bits per heavy atom. The molecule has 0 bridgehead atoms. The van der Waals surface area contributed by atoms with E-state index in [9.17, 15) is 14.9 Å². The molecular weight excluding hydrogens is 354 g/mol. The molecule has 0 radical (unpaired) electrons. The second-order valence-electron chi connectivity index (χ2n) is 6.11. The number of carbonyl (C=O) groups excluding carboxylic acids is 1. The van der Waals surface area contributed by atoms with E-state index in [1.54, 1.807) is 11.4 Å². The van der Waals surface area contributed by atoms with Crippen LogP contribution in [0.3, 0.4) is 0 Å². The van der Waals surface area contributed by atoms with E-state index < -0.39 is 10.8 Å². The van der Waals surface area contributed by atoms with Crippen molar-refractivity contribution in [3.8, 4) is 0 Å². The van der Waals surface area contributed by atoms with Crippen LogP contribution in [0.2, 0.25) is 0 Å². The zero-order chi connectivity index (χ0) is 18.7. The van der Waals surface area contributed by atoms with Gasteiger partial charge in [0.2, 0.25) is 0 Å². The predicted octanol–water partition coefficient (Wildman–Crippen LogP) is 2.82. The number of likely N-dealkylation sites (N-methyl/N-ethyl adjacent to an activating group) is 2. The molecule has 1 aliphatic heterocycles. The normalized spacial score (nSPS) is 16.7. The van der Waals surface area contributed by atoms with Crippen LogP contribution < -0.4 is 5.32 Å². The maximum Gasteiger partial charge on any atom is 0.270 e. The first-order chi connectivity index (χ1) is 12.4. The number of amidine groups is 1. The molecule has 1 N–H and O–H groups in total. The number of non-ortho nitro benzene ring substituents is 1. The number of aliphatic imine (C=N–C) groups is 1. The Balaban J connectivity index is 1.98. The van der Waals surface area contributed by atoms with Crippen molar-refractivity contribution in [2.24, 2.45) is 4.99 Å². The van der Waals surface area contributed by atoms with Gasteiger partial charge in [0.25, 0.3) is 11.6 Å². The lowest BCUT2D eigenvalue weighted by molar-refractivity contribution is -0.384. The fourth-order valence-corrected chi connectivity index (χ4v) is 3.19. The van der Waals surface area contributed by atoms with E-state index in [2.05, 4.69) is 15.2 Å². The number of hydrogen-bond acceptors (Lipinski definition) is 6. The number of benzene rings is 1. The lowest BCUT2D eigenvalue weighted by Crippen LogP contribution is -2.46. The van der Waals surface area contributed by atoms with Gasteiger partial charge in [-0.3, -0.25) is 19.8 Å². The highest BCUT2D eigenvalue weighted by molar-refractivity contribution is 7.08. The van der Waals surface area contributed by atoms with Crippen molar-refractivity contribution in [3.63, 3.8) is 0 Å². The highest BCUT2D eigenvalue weighted by atomic mass is 32.1. The first-order valence-electron chi connectivity index (χ1n) is 8.03. The Bertz CT molecular complexity index is 850. The van der Waals surface area contributed by atoms with Crippen molar-refractivity contribution < 1.29 is 9.72 Å². The molecule has 1 fully saturated rings. The lowest BCUT2D eigenvalue weighted by atomic mass is 10.1. The van der Waals surface area contributed by atoms with E-state index >= 15 is 0 Å². The summed E-state index contributed by atoms with van der Waals surface area (Å²) in [4.78, 5) is 32.1. The number of amides is 1. The second kappa shape index (κ2) is 7.63. The molecule has 0 spiro atoms.